The van der Waals surface area contributed by atoms with Gasteiger partial charge < -0.3 is 24.4 Å². The molecule has 9 heteroatoms. The van der Waals surface area contributed by atoms with Crippen molar-refractivity contribution in [2.45, 2.75) is 94.8 Å². The number of hydrogen-bond acceptors (Lipinski definition) is 6. The number of likely N-dealkylation sites (tertiary alicyclic amines) is 2. The average Bonchev–Trinajstić information content (AvgIpc) is 3.69. The molecule has 0 aromatic heterocycles. The van der Waals surface area contributed by atoms with Crippen molar-refractivity contribution in [1.82, 2.24) is 9.80 Å². The van der Waals surface area contributed by atoms with Crippen molar-refractivity contribution in [2.24, 2.45) is 11.8 Å². The maximum Gasteiger partial charge on any atom is 0.310 e. The Kier molecular flexibility index (Phi) is 14.3. The molecule has 2 saturated carbocycles. The molecule has 5 aliphatic rings. The van der Waals surface area contributed by atoms with Crippen LogP contribution in [-0.4, -0.2) is 85.9 Å². The van der Waals surface area contributed by atoms with Crippen LogP contribution in [0.15, 0.2) is 48.5 Å². The lowest BCUT2D eigenvalue weighted by Gasteiger charge is -2.47. The number of piperidine rings is 2. The summed E-state index contributed by atoms with van der Waals surface area (Å²) in [4.78, 5) is 29.7. The molecular weight excluding hydrogens is 659 g/mol. The van der Waals surface area contributed by atoms with Crippen LogP contribution in [0.2, 0.25) is 10.0 Å². The Morgan fingerprint density at radius 3 is 1.94 bits per heavy atom. The smallest absolute Gasteiger partial charge is 0.310 e. The minimum absolute atomic E-state index is 0.157. The van der Waals surface area contributed by atoms with Gasteiger partial charge in [-0.1, -0.05) is 60.3 Å². The molecule has 2 aromatic rings. The number of carbonyl (C=O) groups is 2. The number of amides is 1. The first-order valence-electron chi connectivity index (χ1n) is 18.7. The van der Waals surface area contributed by atoms with Crippen LogP contribution in [0.4, 0.5) is 0 Å². The first kappa shape index (κ1) is 38.1. The van der Waals surface area contributed by atoms with Crippen molar-refractivity contribution in [3.8, 4) is 0 Å². The molecule has 5 fully saturated rings. The fourth-order valence-corrected chi connectivity index (χ4v) is 8.42. The Labute approximate surface area is 303 Å². The van der Waals surface area contributed by atoms with Gasteiger partial charge in [0.1, 0.15) is 0 Å². The number of rotatable bonds is 8. The van der Waals surface area contributed by atoms with Gasteiger partial charge in [-0.2, -0.15) is 0 Å². The lowest BCUT2D eigenvalue weighted by atomic mass is 9.63. The largest absolute Gasteiger partial charge is 0.466 e. The molecule has 49 heavy (non-hydrogen) atoms. The lowest BCUT2D eigenvalue weighted by molar-refractivity contribution is -0.153. The normalized spacial score (nSPS) is 24.2. The molecule has 7 nitrogen and oxygen atoms in total. The highest BCUT2D eigenvalue weighted by Gasteiger charge is 2.48. The van der Waals surface area contributed by atoms with Gasteiger partial charge in [0.25, 0.3) is 0 Å². The Hall–Kier alpha value is -2.16. The lowest BCUT2D eigenvalue weighted by Crippen LogP contribution is -2.54. The molecular formula is C40H56Cl2N2O5. The second-order valence-electron chi connectivity index (χ2n) is 14.7. The molecule has 2 aromatic carbocycles. The summed E-state index contributed by atoms with van der Waals surface area (Å²) in [5, 5.41) is 10.9. The molecule has 1 N–H and O–H groups in total. The maximum absolute atomic E-state index is 13.3. The van der Waals surface area contributed by atoms with Crippen LogP contribution in [0, 0.1) is 11.8 Å². The number of aliphatic hydroxyl groups excluding tert-OH is 1. The van der Waals surface area contributed by atoms with Crippen LogP contribution >= 0.6 is 23.2 Å². The van der Waals surface area contributed by atoms with Gasteiger partial charge in [0.2, 0.25) is 5.91 Å². The fraction of sp³-hybridized carbons (Fsp3) is 0.650. The van der Waals surface area contributed by atoms with Crippen molar-refractivity contribution in [2.75, 3.05) is 59.2 Å². The van der Waals surface area contributed by atoms with Gasteiger partial charge in [-0.3, -0.25) is 9.59 Å². The van der Waals surface area contributed by atoms with E-state index in [0.717, 1.165) is 75.5 Å². The summed E-state index contributed by atoms with van der Waals surface area (Å²) >= 11 is 12.0. The highest BCUT2D eigenvalue weighted by molar-refractivity contribution is 6.30. The first-order chi connectivity index (χ1) is 23.8. The van der Waals surface area contributed by atoms with Crippen molar-refractivity contribution < 1.29 is 24.2 Å². The van der Waals surface area contributed by atoms with Crippen LogP contribution in [0.3, 0.4) is 0 Å². The molecule has 3 aliphatic heterocycles. The minimum atomic E-state index is -0.429. The van der Waals surface area contributed by atoms with Crippen LogP contribution in [0.1, 0.15) is 95.1 Å². The van der Waals surface area contributed by atoms with Gasteiger partial charge in [0.05, 0.1) is 17.9 Å². The molecule has 3 heterocycles. The number of halogens is 2. The van der Waals surface area contributed by atoms with E-state index in [0.29, 0.717) is 36.1 Å². The zero-order valence-corrected chi connectivity index (χ0v) is 30.9. The van der Waals surface area contributed by atoms with E-state index in [4.69, 9.17) is 32.7 Å². The Morgan fingerprint density at radius 1 is 0.816 bits per heavy atom. The number of nitrogens with zero attached hydrogens (tertiary/aromatic N) is 2. The van der Waals surface area contributed by atoms with Gasteiger partial charge >= 0.3 is 5.97 Å². The molecule has 2 aliphatic carbocycles. The molecule has 3 saturated heterocycles. The van der Waals surface area contributed by atoms with E-state index in [2.05, 4.69) is 17.0 Å². The molecule has 7 rings (SSSR count). The highest BCUT2D eigenvalue weighted by atomic mass is 35.5. The topological polar surface area (TPSA) is 79.3 Å². The monoisotopic (exact) mass is 714 g/mol. The van der Waals surface area contributed by atoms with E-state index < -0.39 is 5.41 Å². The van der Waals surface area contributed by atoms with Gasteiger partial charge in [-0.05, 0) is 119 Å². The number of esters is 1. The summed E-state index contributed by atoms with van der Waals surface area (Å²) in [6, 6.07) is 16.1. The number of hydrogen-bond donors (Lipinski definition) is 1. The van der Waals surface area contributed by atoms with E-state index in [1.54, 1.807) is 0 Å². The third-order valence-corrected chi connectivity index (χ3v) is 11.8. The summed E-state index contributed by atoms with van der Waals surface area (Å²) in [6.45, 7) is 9.13. The molecule has 0 bridgehead atoms. The third kappa shape index (κ3) is 9.79. The van der Waals surface area contributed by atoms with Crippen LogP contribution in [0.5, 0.6) is 0 Å². The first-order valence-corrected chi connectivity index (χ1v) is 19.4. The SMILES string of the molecule is C1CCOC1.CCOC(=O)[C@H]1CCCN(C(=O)C2(c3ccc(Cl)cc3)CCC2)C1.OC[C@H]1CCCN(CC2(c3ccc(Cl)cc3)CCC2)C1. The highest BCUT2D eigenvalue weighted by Crippen LogP contribution is 2.46. The van der Waals surface area contributed by atoms with Gasteiger partial charge in [-0.25, -0.2) is 0 Å². The number of aliphatic hydroxyl groups is 1. The molecule has 270 valence electrons. The summed E-state index contributed by atoms with van der Waals surface area (Å²) in [5.74, 6) is 0.269. The quantitative estimate of drug-likeness (QED) is 0.281. The van der Waals surface area contributed by atoms with Crippen molar-refractivity contribution >= 4 is 35.1 Å². The minimum Gasteiger partial charge on any atom is -0.466 e. The van der Waals surface area contributed by atoms with Crippen molar-refractivity contribution in [3.63, 3.8) is 0 Å². The van der Waals surface area contributed by atoms with Crippen LogP contribution in [-0.2, 0) is 29.9 Å². The van der Waals surface area contributed by atoms with Gasteiger partial charge in [0.15, 0.2) is 0 Å². The van der Waals surface area contributed by atoms with Crippen LogP contribution < -0.4 is 0 Å². The zero-order valence-electron chi connectivity index (χ0n) is 29.4. The van der Waals surface area contributed by atoms with E-state index in [1.807, 2.05) is 48.2 Å². The zero-order chi connectivity index (χ0) is 34.7. The Morgan fingerprint density at radius 2 is 1.43 bits per heavy atom. The summed E-state index contributed by atoms with van der Waals surface area (Å²) in [7, 11) is 0. The summed E-state index contributed by atoms with van der Waals surface area (Å²) in [5.41, 5.74) is 2.39. The van der Waals surface area contributed by atoms with E-state index in [-0.39, 0.29) is 17.8 Å². The second-order valence-corrected chi connectivity index (χ2v) is 15.5. The molecule has 1 amide bonds. The van der Waals surface area contributed by atoms with Gasteiger partial charge in [0, 0.05) is 61.5 Å². The fourth-order valence-electron chi connectivity index (χ4n) is 8.17. The van der Waals surface area contributed by atoms with Crippen molar-refractivity contribution in [3.05, 3.63) is 69.7 Å². The summed E-state index contributed by atoms with van der Waals surface area (Å²) < 4.78 is 10.1. The summed E-state index contributed by atoms with van der Waals surface area (Å²) in [6.07, 6.45) is 13.3. The third-order valence-electron chi connectivity index (χ3n) is 11.3. The average molecular weight is 716 g/mol. The molecule has 0 spiro atoms. The standard InChI is InChI=1S/C19H24ClNO3.C17H24ClNO.C4H8O/c1-2-24-17(22)14-5-3-12-21(13-14)18(23)19(10-4-11-19)15-6-8-16(20)9-7-15;18-16-6-4-15(5-7-16)17(8-2-9-17)13-19-10-1-3-14(11-19)12-20;1-2-4-5-3-1/h6-9,14H,2-5,10-13H2,1H3;4-7,14,20H,1-3,8-13H2;1-4H2/t2*14-;/m00./s1. The van der Waals surface area contributed by atoms with Crippen molar-refractivity contribution in [1.29, 1.82) is 0 Å². The van der Waals surface area contributed by atoms with E-state index in [9.17, 15) is 14.7 Å². The number of benzene rings is 2. The number of carbonyl (C=O) groups excluding carboxylic acids is 2. The Bertz CT molecular complexity index is 1320. The van der Waals surface area contributed by atoms with E-state index in [1.165, 1.54) is 57.1 Å². The van der Waals surface area contributed by atoms with Crippen LogP contribution in [0.25, 0.3) is 0 Å². The molecule has 0 radical (unpaired) electrons. The predicted octanol–water partition coefficient (Wildman–Crippen LogP) is 7.83. The molecule has 0 unspecified atom stereocenters. The van der Waals surface area contributed by atoms with Gasteiger partial charge in [-0.15, -0.1) is 0 Å². The predicted molar refractivity (Wildman–Crippen MR) is 196 cm³/mol. The maximum atomic E-state index is 13.3. The van der Waals surface area contributed by atoms with E-state index >= 15 is 0 Å². The Balaban J connectivity index is 0.000000169. The number of ether oxygens (including phenoxy) is 2. The molecule has 2 atom stereocenters. The second kappa shape index (κ2) is 18.4.